The molecule has 0 aliphatic heterocycles. The van der Waals surface area contributed by atoms with Gasteiger partial charge in [-0.25, -0.2) is 9.97 Å². The van der Waals surface area contributed by atoms with Crippen LogP contribution in [0.1, 0.15) is 24.9 Å². The van der Waals surface area contributed by atoms with Crippen molar-refractivity contribution in [2.75, 3.05) is 0 Å². The van der Waals surface area contributed by atoms with E-state index in [1.165, 1.54) is 0 Å². The first-order valence-corrected chi connectivity index (χ1v) is 4.97. The molecule has 0 saturated carbocycles. The minimum Gasteiger partial charge on any atom is -0.326 e. The summed E-state index contributed by atoms with van der Waals surface area (Å²) in [6.45, 7) is 3.99. The molecule has 0 aliphatic rings. The van der Waals surface area contributed by atoms with Gasteiger partial charge < -0.3 is 4.98 Å². The molecule has 1 N–H and O–H groups in total. The van der Waals surface area contributed by atoms with Crippen molar-refractivity contribution in [3.63, 3.8) is 0 Å². The van der Waals surface area contributed by atoms with Crippen molar-refractivity contribution in [1.82, 2.24) is 19.9 Å². The fourth-order valence-electron chi connectivity index (χ4n) is 1.41. The van der Waals surface area contributed by atoms with E-state index in [9.17, 15) is 0 Å². The molecular formula is C9H11ClN4. The third kappa shape index (κ3) is 1.57. The van der Waals surface area contributed by atoms with Crippen LogP contribution in [0.4, 0.5) is 0 Å². The highest BCUT2D eigenvalue weighted by molar-refractivity contribution is 6.28. The van der Waals surface area contributed by atoms with Crippen LogP contribution in [0.2, 0.25) is 5.28 Å². The molecule has 0 saturated heterocycles. The molecule has 2 aromatic rings. The van der Waals surface area contributed by atoms with Gasteiger partial charge in [0.25, 0.3) is 0 Å². The molecule has 5 heteroatoms. The van der Waals surface area contributed by atoms with Gasteiger partial charge in [-0.05, 0) is 24.9 Å². The maximum Gasteiger partial charge on any atom is 0.224 e. The zero-order valence-electron chi connectivity index (χ0n) is 8.13. The molecular weight excluding hydrogens is 200 g/mol. The molecule has 0 bridgehead atoms. The molecule has 74 valence electrons. The number of H-pyrrole nitrogens is 1. The first kappa shape index (κ1) is 9.40. The molecule has 0 atom stereocenters. The Bertz CT molecular complexity index is 463. The van der Waals surface area contributed by atoms with Crippen molar-refractivity contribution in [2.45, 2.75) is 26.7 Å². The Balaban J connectivity index is 2.58. The Morgan fingerprint density at radius 1 is 1.29 bits per heavy atom. The topological polar surface area (TPSA) is 54.5 Å². The number of fused-ring (bicyclic) bond motifs is 1. The molecule has 0 unspecified atom stereocenters. The van der Waals surface area contributed by atoms with Crippen molar-refractivity contribution in [1.29, 1.82) is 0 Å². The van der Waals surface area contributed by atoms with Gasteiger partial charge in [-0.15, -0.1) is 0 Å². The Morgan fingerprint density at radius 2 is 2.07 bits per heavy atom. The Labute approximate surface area is 86.7 Å². The van der Waals surface area contributed by atoms with Crippen LogP contribution in [-0.2, 0) is 6.42 Å². The normalized spacial score (nSPS) is 11.1. The summed E-state index contributed by atoms with van der Waals surface area (Å²) in [7, 11) is 0. The van der Waals surface area contributed by atoms with Crippen LogP contribution < -0.4 is 0 Å². The molecule has 0 amide bonds. The van der Waals surface area contributed by atoms with Crippen LogP contribution in [0.25, 0.3) is 11.2 Å². The Kier molecular flexibility index (Phi) is 2.37. The highest BCUT2D eigenvalue weighted by Crippen LogP contribution is 2.15. The van der Waals surface area contributed by atoms with E-state index in [-0.39, 0.29) is 5.28 Å². The van der Waals surface area contributed by atoms with Gasteiger partial charge in [0, 0.05) is 6.42 Å². The quantitative estimate of drug-likeness (QED) is 0.774. The molecule has 2 rings (SSSR count). The number of aromatic amines is 1. The molecule has 0 fully saturated rings. The highest BCUT2D eigenvalue weighted by Gasteiger charge is 2.08. The minimum absolute atomic E-state index is 0.265. The average Bonchev–Trinajstić information content (AvgIpc) is 2.48. The number of aryl methyl sites for hydroxylation is 2. The zero-order valence-corrected chi connectivity index (χ0v) is 8.89. The van der Waals surface area contributed by atoms with E-state index in [0.717, 1.165) is 35.5 Å². The van der Waals surface area contributed by atoms with E-state index < -0.39 is 0 Å². The van der Waals surface area contributed by atoms with Gasteiger partial charge in [-0.1, -0.05) is 6.92 Å². The molecule has 4 nitrogen and oxygen atoms in total. The SMILES string of the molecule is CCCc1nc2c(C)nc(Cl)nc2[nH]1. The second-order valence-corrected chi connectivity index (χ2v) is 3.55. The third-order valence-corrected chi connectivity index (χ3v) is 2.20. The van der Waals surface area contributed by atoms with Gasteiger partial charge >= 0.3 is 0 Å². The van der Waals surface area contributed by atoms with Crippen molar-refractivity contribution in [3.8, 4) is 0 Å². The number of nitrogens with one attached hydrogen (secondary N) is 1. The van der Waals surface area contributed by atoms with Gasteiger partial charge in [-0.3, -0.25) is 0 Å². The van der Waals surface area contributed by atoms with Crippen LogP contribution in [0, 0.1) is 6.92 Å². The molecule has 0 aromatic carbocycles. The average molecular weight is 211 g/mol. The first-order chi connectivity index (χ1) is 6.70. The van der Waals surface area contributed by atoms with Crippen LogP contribution in [0.3, 0.4) is 0 Å². The maximum atomic E-state index is 5.74. The van der Waals surface area contributed by atoms with Crippen LogP contribution in [0.5, 0.6) is 0 Å². The highest BCUT2D eigenvalue weighted by atomic mass is 35.5. The van der Waals surface area contributed by atoms with E-state index in [2.05, 4.69) is 26.9 Å². The molecule has 2 aromatic heterocycles. The predicted octanol–water partition coefficient (Wildman–Crippen LogP) is 2.27. The number of nitrogens with zero attached hydrogens (tertiary/aromatic N) is 3. The number of hydrogen-bond donors (Lipinski definition) is 1. The number of hydrogen-bond acceptors (Lipinski definition) is 3. The number of imidazole rings is 1. The van der Waals surface area contributed by atoms with Crippen molar-refractivity contribution in [3.05, 3.63) is 16.8 Å². The summed E-state index contributed by atoms with van der Waals surface area (Å²) in [5.41, 5.74) is 2.36. The standard InChI is InChI=1S/C9H11ClN4/c1-3-4-6-12-7-5(2)11-9(10)14-8(7)13-6/h3-4H2,1-2H3,(H,11,12,13,14). The summed E-state index contributed by atoms with van der Waals surface area (Å²) in [4.78, 5) is 15.7. The fraction of sp³-hybridized carbons (Fsp3) is 0.444. The van der Waals surface area contributed by atoms with E-state index in [0.29, 0.717) is 0 Å². The predicted molar refractivity (Wildman–Crippen MR) is 55.4 cm³/mol. The lowest BCUT2D eigenvalue weighted by atomic mass is 10.3. The van der Waals surface area contributed by atoms with Crippen molar-refractivity contribution < 1.29 is 0 Å². The smallest absolute Gasteiger partial charge is 0.224 e. The summed E-state index contributed by atoms with van der Waals surface area (Å²) in [6, 6.07) is 0. The van der Waals surface area contributed by atoms with Gasteiger partial charge in [-0.2, -0.15) is 4.98 Å². The van der Waals surface area contributed by atoms with E-state index >= 15 is 0 Å². The molecule has 2 heterocycles. The van der Waals surface area contributed by atoms with E-state index in [1.54, 1.807) is 0 Å². The maximum absolute atomic E-state index is 5.74. The Hall–Kier alpha value is -1.16. The van der Waals surface area contributed by atoms with Crippen LogP contribution in [0.15, 0.2) is 0 Å². The molecule has 14 heavy (non-hydrogen) atoms. The van der Waals surface area contributed by atoms with E-state index in [4.69, 9.17) is 11.6 Å². The van der Waals surface area contributed by atoms with Crippen LogP contribution in [-0.4, -0.2) is 19.9 Å². The zero-order chi connectivity index (χ0) is 10.1. The second-order valence-electron chi connectivity index (χ2n) is 3.21. The molecule has 0 aliphatic carbocycles. The van der Waals surface area contributed by atoms with Crippen LogP contribution >= 0.6 is 11.6 Å². The lowest BCUT2D eigenvalue weighted by Gasteiger charge is -1.92. The molecule has 0 spiro atoms. The van der Waals surface area contributed by atoms with Crippen molar-refractivity contribution >= 4 is 22.8 Å². The summed E-state index contributed by atoms with van der Waals surface area (Å²) >= 11 is 5.74. The summed E-state index contributed by atoms with van der Waals surface area (Å²) in [5.74, 6) is 0.946. The number of aromatic nitrogens is 4. The Morgan fingerprint density at radius 3 is 2.79 bits per heavy atom. The molecule has 0 radical (unpaired) electrons. The largest absolute Gasteiger partial charge is 0.326 e. The summed E-state index contributed by atoms with van der Waals surface area (Å²) in [5, 5.41) is 0.265. The van der Waals surface area contributed by atoms with Gasteiger partial charge in [0.15, 0.2) is 5.65 Å². The third-order valence-electron chi connectivity index (χ3n) is 2.03. The van der Waals surface area contributed by atoms with Gasteiger partial charge in [0.2, 0.25) is 5.28 Å². The minimum atomic E-state index is 0.265. The summed E-state index contributed by atoms with van der Waals surface area (Å²) < 4.78 is 0. The second kappa shape index (κ2) is 3.53. The lowest BCUT2D eigenvalue weighted by molar-refractivity contribution is 0.860. The monoisotopic (exact) mass is 210 g/mol. The first-order valence-electron chi connectivity index (χ1n) is 4.59. The summed E-state index contributed by atoms with van der Waals surface area (Å²) in [6.07, 6.45) is 1.98. The van der Waals surface area contributed by atoms with Crippen molar-refractivity contribution in [2.24, 2.45) is 0 Å². The van der Waals surface area contributed by atoms with Gasteiger partial charge in [0.05, 0.1) is 5.69 Å². The lowest BCUT2D eigenvalue weighted by Crippen LogP contribution is -1.88. The number of rotatable bonds is 2. The fourth-order valence-corrected chi connectivity index (χ4v) is 1.62. The van der Waals surface area contributed by atoms with E-state index in [1.807, 2.05) is 6.92 Å². The van der Waals surface area contributed by atoms with Gasteiger partial charge in [0.1, 0.15) is 11.3 Å². The number of halogens is 1.